The maximum atomic E-state index is 12.6. The SMILES string of the molecule is CC(C)(C)OC(=O)CC1CCCN(CCc2ccncc2)C1=O. The van der Waals surface area contributed by atoms with Crippen LogP contribution in [0.2, 0.25) is 0 Å². The lowest BCUT2D eigenvalue weighted by Gasteiger charge is -2.32. The molecule has 2 rings (SSSR count). The van der Waals surface area contributed by atoms with E-state index in [4.69, 9.17) is 4.74 Å². The average Bonchev–Trinajstić information content (AvgIpc) is 2.47. The predicted octanol–water partition coefficient (Wildman–Crippen LogP) is 2.59. The van der Waals surface area contributed by atoms with Gasteiger partial charge in [0.1, 0.15) is 5.60 Å². The average molecular weight is 318 g/mol. The fourth-order valence-electron chi connectivity index (χ4n) is 2.83. The normalized spacial score (nSPS) is 18.8. The maximum Gasteiger partial charge on any atom is 0.307 e. The van der Waals surface area contributed by atoms with Crippen molar-refractivity contribution in [2.45, 2.75) is 52.1 Å². The van der Waals surface area contributed by atoms with Crippen molar-refractivity contribution in [1.29, 1.82) is 0 Å². The quantitative estimate of drug-likeness (QED) is 0.783. The van der Waals surface area contributed by atoms with Gasteiger partial charge in [0.05, 0.1) is 6.42 Å². The summed E-state index contributed by atoms with van der Waals surface area (Å²) in [5, 5.41) is 0. The largest absolute Gasteiger partial charge is 0.460 e. The van der Waals surface area contributed by atoms with Crippen LogP contribution in [0.3, 0.4) is 0 Å². The molecule has 1 amide bonds. The van der Waals surface area contributed by atoms with Crippen molar-refractivity contribution < 1.29 is 14.3 Å². The lowest BCUT2D eigenvalue weighted by atomic mass is 9.93. The van der Waals surface area contributed by atoms with Crippen molar-refractivity contribution in [1.82, 2.24) is 9.88 Å². The number of piperidine rings is 1. The highest BCUT2D eigenvalue weighted by molar-refractivity contribution is 5.84. The molecule has 1 aromatic rings. The van der Waals surface area contributed by atoms with Crippen molar-refractivity contribution in [3.63, 3.8) is 0 Å². The van der Waals surface area contributed by atoms with Gasteiger partial charge in [0.2, 0.25) is 5.91 Å². The Morgan fingerprint density at radius 1 is 1.35 bits per heavy atom. The summed E-state index contributed by atoms with van der Waals surface area (Å²) in [4.78, 5) is 30.4. The Kier molecular flexibility index (Phi) is 5.74. The van der Waals surface area contributed by atoms with Gasteiger partial charge >= 0.3 is 5.97 Å². The lowest BCUT2D eigenvalue weighted by Crippen LogP contribution is -2.43. The summed E-state index contributed by atoms with van der Waals surface area (Å²) in [6, 6.07) is 3.93. The molecule has 1 atom stereocenters. The Morgan fingerprint density at radius 3 is 2.70 bits per heavy atom. The van der Waals surface area contributed by atoms with Crippen molar-refractivity contribution in [2.75, 3.05) is 13.1 Å². The Balaban J connectivity index is 1.86. The predicted molar refractivity (Wildman–Crippen MR) is 87.7 cm³/mol. The molecule has 5 heteroatoms. The summed E-state index contributed by atoms with van der Waals surface area (Å²) in [6.07, 6.45) is 6.23. The summed E-state index contributed by atoms with van der Waals surface area (Å²) < 4.78 is 5.34. The number of aromatic nitrogens is 1. The fraction of sp³-hybridized carbons (Fsp3) is 0.611. The number of nitrogens with zero attached hydrogens (tertiary/aromatic N) is 2. The van der Waals surface area contributed by atoms with Crippen LogP contribution in [0, 0.1) is 5.92 Å². The second-order valence-corrected chi connectivity index (χ2v) is 7.06. The molecule has 1 fully saturated rings. The van der Waals surface area contributed by atoms with Crippen LogP contribution in [-0.4, -0.2) is 40.5 Å². The minimum atomic E-state index is -0.504. The van der Waals surface area contributed by atoms with Crippen LogP contribution in [0.25, 0.3) is 0 Å². The summed E-state index contributed by atoms with van der Waals surface area (Å²) in [5.41, 5.74) is 0.664. The molecule has 1 aliphatic heterocycles. The standard InChI is InChI=1S/C18H26N2O3/c1-18(2,3)23-16(21)13-15-5-4-11-20(17(15)22)12-8-14-6-9-19-10-7-14/h6-7,9-10,15H,4-5,8,11-13H2,1-3H3. The Labute approximate surface area is 138 Å². The molecule has 1 aliphatic rings. The zero-order valence-corrected chi connectivity index (χ0v) is 14.2. The van der Waals surface area contributed by atoms with E-state index in [0.717, 1.165) is 25.8 Å². The van der Waals surface area contributed by atoms with Gasteiger partial charge in [-0.05, 0) is 57.7 Å². The number of likely N-dealkylation sites (tertiary alicyclic amines) is 1. The molecule has 0 aliphatic carbocycles. The van der Waals surface area contributed by atoms with Crippen molar-refractivity contribution >= 4 is 11.9 Å². The van der Waals surface area contributed by atoms with E-state index in [1.54, 1.807) is 12.4 Å². The number of carbonyl (C=O) groups is 2. The van der Waals surface area contributed by atoms with Crippen LogP contribution in [0.5, 0.6) is 0 Å². The fourth-order valence-corrected chi connectivity index (χ4v) is 2.83. The van der Waals surface area contributed by atoms with E-state index in [-0.39, 0.29) is 24.2 Å². The van der Waals surface area contributed by atoms with Crippen molar-refractivity contribution in [3.8, 4) is 0 Å². The summed E-state index contributed by atoms with van der Waals surface area (Å²) >= 11 is 0. The van der Waals surface area contributed by atoms with Gasteiger partial charge in [-0.3, -0.25) is 14.6 Å². The third-order valence-electron chi connectivity index (χ3n) is 3.89. The molecule has 0 radical (unpaired) electrons. The molecule has 0 saturated carbocycles. The summed E-state index contributed by atoms with van der Waals surface area (Å²) in [6.45, 7) is 6.99. The number of rotatable bonds is 5. The molecule has 5 nitrogen and oxygen atoms in total. The van der Waals surface area contributed by atoms with E-state index in [1.807, 2.05) is 37.8 Å². The highest BCUT2D eigenvalue weighted by Crippen LogP contribution is 2.23. The van der Waals surface area contributed by atoms with Crippen LogP contribution in [0.15, 0.2) is 24.5 Å². The summed E-state index contributed by atoms with van der Waals surface area (Å²) in [7, 11) is 0. The van der Waals surface area contributed by atoms with Crippen LogP contribution in [-0.2, 0) is 20.7 Å². The van der Waals surface area contributed by atoms with Gasteiger partial charge < -0.3 is 9.64 Å². The van der Waals surface area contributed by atoms with Crippen LogP contribution in [0.4, 0.5) is 0 Å². The molecule has 23 heavy (non-hydrogen) atoms. The van der Waals surface area contributed by atoms with E-state index in [0.29, 0.717) is 6.54 Å². The first-order valence-corrected chi connectivity index (χ1v) is 8.25. The molecule has 0 aromatic carbocycles. The van der Waals surface area contributed by atoms with Gasteiger partial charge in [-0.2, -0.15) is 0 Å². The van der Waals surface area contributed by atoms with Gasteiger partial charge in [0, 0.05) is 31.4 Å². The second kappa shape index (κ2) is 7.57. The highest BCUT2D eigenvalue weighted by atomic mass is 16.6. The highest BCUT2D eigenvalue weighted by Gasteiger charge is 2.31. The molecule has 0 spiro atoms. The van der Waals surface area contributed by atoms with Crippen LogP contribution < -0.4 is 0 Å². The topological polar surface area (TPSA) is 59.5 Å². The first-order valence-electron chi connectivity index (χ1n) is 8.25. The summed E-state index contributed by atoms with van der Waals surface area (Å²) in [5.74, 6) is -0.445. The van der Waals surface area contributed by atoms with E-state index in [2.05, 4.69) is 4.98 Å². The number of hydrogen-bond acceptors (Lipinski definition) is 4. The van der Waals surface area contributed by atoms with E-state index in [1.165, 1.54) is 5.56 Å². The number of pyridine rings is 1. The zero-order chi connectivity index (χ0) is 16.9. The molecular formula is C18H26N2O3. The number of esters is 1. The molecule has 126 valence electrons. The van der Waals surface area contributed by atoms with Crippen LogP contribution in [0.1, 0.15) is 45.6 Å². The molecule has 1 aromatic heterocycles. The Hall–Kier alpha value is -1.91. The Morgan fingerprint density at radius 2 is 2.04 bits per heavy atom. The van der Waals surface area contributed by atoms with Crippen LogP contribution >= 0.6 is 0 Å². The molecule has 1 unspecified atom stereocenters. The molecular weight excluding hydrogens is 292 g/mol. The third kappa shape index (κ3) is 5.66. The maximum absolute atomic E-state index is 12.6. The molecule has 2 heterocycles. The minimum absolute atomic E-state index is 0.0798. The smallest absolute Gasteiger partial charge is 0.307 e. The molecule has 0 N–H and O–H groups in total. The zero-order valence-electron chi connectivity index (χ0n) is 14.2. The lowest BCUT2D eigenvalue weighted by molar-refractivity contribution is -0.159. The monoisotopic (exact) mass is 318 g/mol. The molecule has 1 saturated heterocycles. The van der Waals surface area contributed by atoms with E-state index < -0.39 is 5.60 Å². The number of amides is 1. The van der Waals surface area contributed by atoms with Gasteiger partial charge in [-0.25, -0.2) is 0 Å². The van der Waals surface area contributed by atoms with Gasteiger partial charge in [-0.15, -0.1) is 0 Å². The Bertz CT molecular complexity index is 537. The minimum Gasteiger partial charge on any atom is -0.460 e. The van der Waals surface area contributed by atoms with E-state index >= 15 is 0 Å². The van der Waals surface area contributed by atoms with E-state index in [9.17, 15) is 9.59 Å². The number of carbonyl (C=O) groups excluding carboxylic acids is 2. The van der Waals surface area contributed by atoms with Gasteiger partial charge in [0.25, 0.3) is 0 Å². The third-order valence-corrected chi connectivity index (χ3v) is 3.89. The number of hydrogen-bond donors (Lipinski definition) is 0. The van der Waals surface area contributed by atoms with Gasteiger partial charge in [-0.1, -0.05) is 0 Å². The number of ether oxygens (including phenoxy) is 1. The second-order valence-electron chi connectivity index (χ2n) is 7.06. The van der Waals surface area contributed by atoms with Crippen molar-refractivity contribution in [3.05, 3.63) is 30.1 Å². The van der Waals surface area contributed by atoms with Gasteiger partial charge in [0.15, 0.2) is 0 Å². The first-order chi connectivity index (χ1) is 10.8. The molecule has 0 bridgehead atoms. The van der Waals surface area contributed by atoms with Crippen molar-refractivity contribution in [2.24, 2.45) is 5.92 Å². The first kappa shape index (κ1) is 17.4.